The topological polar surface area (TPSA) is 70.8 Å². The molecule has 0 bridgehead atoms. The largest absolute Gasteiger partial charge is 0.455 e. The lowest BCUT2D eigenvalue weighted by Gasteiger charge is -2.27. The molecule has 1 atom stereocenters. The Bertz CT molecular complexity index is 629. The lowest BCUT2D eigenvalue weighted by atomic mass is 9.76. The van der Waals surface area contributed by atoms with Gasteiger partial charge in [-0.1, -0.05) is 13.8 Å². The van der Waals surface area contributed by atoms with Crippen LogP contribution in [0.3, 0.4) is 0 Å². The van der Waals surface area contributed by atoms with Gasteiger partial charge < -0.3 is 14.4 Å². The number of ketones is 1. The number of aliphatic hydroxyl groups is 1. The molecule has 0 radical (unpaired) electrons. The molecule has 0 saturated carbocycles. The van der Waals surface area contributed by atoms with E-state index < -0.39 is 0 Å². The number of likely N-dealkylation sites (tertiary alicyclic amines) is 1. The molecule has 1 unspecified atom stereocenters. The zero-order valence-electron chi connectivity index (χ0n) is 13.4. The van der Waals surface area contributed by atoms with Crippen LogP contribution in [0.1, 0.15) is 58.9 Å². The molecule has 1 N–H and O–H groups in total. The third-order valence-corrected chi connectivity index (χ3v) is 4.80. The molecule has 5 heteroatoms. The van der Waals surface area contributed by atoms with Gasteiger partial charge >= 0.3 is 0 Å². The second-order valence-electron chi connectivity index (χ2n) is 7.38. The molecule has 120 valence electrons. The van der Waals surface area contributed by atoms with Crippen molar-refractivity contribution in [2.45, 2.75) is 40.0 Å². The van der Waals surface area contributed by atoms with E-state index in [4.69, 9.17) is 4.42 Å². The van der Waals surface area contributed by atoms with E-state index in [2.05, 4.69) is 0 Å². The molecular formula is C17H23NO4. The summed E-state index contributed by atoms with van der Waals surface area (Å²) in [5, 5.41) is 9.21. The molecule has 1 aromatic heterocycles. The number of carbonyl (C=O) groups is 2. The van der Waals surface area contributed by atoms with Crippen LogP contribution in [-0.2, 0) is 6.42 Å². The molecular weight excluding hydrogens is 282 g/mol. The molecule has 0 spiro atoms. The fourth-order valence-corrected chi connectivity index (χ4v) is 3.60. The predicted molar refractivity (Wildman–Crippen MR) is 81.0 cm³/mol. The van der Waals surface area contributed by atoms with Crippen LogP contribution in [0, 0.1) is 18.3 Å². The monoisotopic (exact) mass is 305 g/mol. The van der Waals surface area contributed by atoms with E-state index in [-0.39, 0.29) is 29.6 Å². The van der Waals surface area contributed by atoms with Crippen molar-refractivity contribution in [3.8, 4) is 0 Å². The summed E-state index contributed by atoms with van der Waals surface area (Å²) in [4.78, 5) is 26.7. The average molecular weight is 305 g/mol. The molecule has 3 rings (SSSR count). The Hall–Kier alpha value is -1.62. The van der Waals surface area contributed by atoms with Gasteiger partial charge in [-0.25, -0.2) is 0 Å². The normalized spacial score (nSPS) is 23.7. The minimum absolute atomic E-state index is 0.0706. The maximum absolute atomic E-state index is 12.7. The van der Waals surface area contributed by atoms with Crippen LogP contribution in [0.25, 0.3) is 0 Å². The molecule has 0 aromatic carbocycles. The Morgan fingerprint density at radius 2 is 2.14 bits per heavy atom. The highest BCUT2D eigenvalue weighted by atomic mass is 16.4. The van der Waals surface area contributed by atoms with Crippen molar-refractivity contribution in [2.75, 3.05) is 19.7 Å². The summed E-state index contributed by atoms with van der Waals surface area (Å²) in [6, 6.07) is 0. The van der Waals surface area contributed by atoms with Gasteiger partial charge in [0.15, 0.2) is 11.5 Å². The lowest BCUT2D eigenvalue weighted by Crippen LogP contribution is -2.29. The predicted octanol–water partition coefficient (Wildman–Crippen LogP) is 2.20. The average Bonchev–Trinajstić information content (AvgIpc) is 3.01. The van der Waals surface area contributed by atoms with Gasteiger partial charge in [-0.3, -0.25) is 9.59 Å². The van der Waals surface area contributed by atoms with E-state index in [0.717, 1.165) is 6.42 Å². The van der Waals surface area contributed by atoms with Gasteiger partial charge in [0, 0.05) is 44.0 Å². The van der Waals surface area contributed by atoms with Crippen LogP contribution in [0.5, 0.6) is 0 Å². The molecule has 1 aliphatic carbocycles. The first-order valence-corrected chi connectivity index (χ1v) is 7.88. The van der Waals surface area contributed by atoms with Crippen LogP contribution in [0.2, 0.25) is 0 Å². The molecule has 1 saturated heterocycles. The second kappa shape index (κ2) is 5.23. The Morgan fingerprint density at radius 1 is 1.41 bits per heavy atom. The Kier molecular flexibility index (Phi) is 3.63. The first-order chi connectivity index (χ1) is 10.3. The van der Waals surface area contributed by atoms with Crippen molar-refractivity contribution in [3.63, 3.8) is 0 Å². The van der Waals surface area contributed by atoms with Gasteiger partial charge in [-0.05, 0) is 18.8 Å². The third-order valence-electron chi connectivity index (χ3n) is 4.80. The van der Waals surface area contributed by atoms with E-state index in [1.807, 2.05) is 13.8 Å². The highest BCUT2D eigenvalue weighted by Crippen LogP contribution is 2.38. The zero-order chi connectivity index (χ0) is 16.1. The van der Waals surface area contributed by atoms with Gasteiger partial charge in [0.1, 0.15) is 5.76 Å². The van der Waals surface area contributed by atoms with E-state index in [0.29, 0.717) is 48.6 Å². The highest BCUT2D eigenvalue weighted by Gasteiger charge is 2.38. The number of amides is 1. The van der Waals surface area contributed by atoms with E-state index >= 15 is 0 Å². The summed E-state index contributed by atoms with van der Waals surface area (Å²) in [6.07, 6.45) is 1.99. The summed E-state index contributed by atoms with van der Waals surface area (Å²) < 4.78 is 5.81. The number of hydrogen-bond acceptors (Lipinski definition) is 4. The second-order valence-corrected chi connectivity index (χ2v) is 7.38. The van der Waals surface area contributed by atoms with Gasteiger partial charge in [0.05, 0.1) is 5.56 Å². The van der Waals surface area contributed by atoms with Crippen LogP contribution in [-0.4, -0.2) is 41.4 Å². The molecule has 1 aliphatic heterocycles. The lowest BCUT2D eigenvalue weighted by molar-refractivity contribution is 0.0743. The number of carbonyl (C=O) groups excluding carboxylic acids is 2. The Morgan fingerprint density at radius 3 is 2.77 bits per heavy atom. The first kappa shape index (κ1) is 15.3. The number of hydrogen-bond donors (Lipinski definition) is 1. The number of aliphatic hydroxyl groups excluding tert-OH is 1. The number of furan rings is 1. The minimum atomic E-state index is -0.159. The van der Waals surface area contributed by atoms with Crippen molar-refractivity contribution in [3.05, 3.63) is 22.6 Å². The van der Waals surface area contributed by atoms with Crippen molar-refractivity contribution < 1.29 is 19.1 Å². The third kappa shape index (κ3) is 2.47. The standard InChI is InChI=1S/C17H23NO4/c1-10-14-12(20)6-17(2,3)7-13(14)22-15(10)16(21)18-5-4-11(8-18)9-19/h11,19H,4-9H2,1-3H3. The SMILES string of the molecule is Cc1c(C(=O)N2CCC(CO)C2)oc2c1C(=O)CC(C)(C)C2. The smallest absolute Gasteiger partial charge is 0.289 e. The summed E-state index contributed by atoms with van der Waals surface area (Å²) in [7, 11) is 0. The molecule has 2 aliphatic rings. The summed E-state index contributed by atoms with van der Waals surface area (Å²) in [5.41, 5.74) is 1.16. The molecule has 22 heavy (non-hydrogen) atoms. The maximum Gasteiger partial charge on any atom is 0.289 e. The molecule has 5 nitrogen and oxygen atoms in total. The van der Waals surface area contributed by atoms with Crippen molar-refractivity contribution in [1.29, 1.82) is 0 Å². The van der Waals surface area contributed by atoms with E-state index in [9.17, 15) is 14.7 Å². The quantitative estimate of drug-likeness (QED) is 0.909. The summed E-state index contributed by atoms with van der Waals surface area (Å²) in [5.74, 6) is 1.01. The number of rotatable bonds is 2. The van der Waals surface area contributed by atoms with E-state index in [1.165, 1.54) is 0 Å². The molecule has 1 aromatic rings. The maximum atomic E-state index is 12.7. The van der Waals surface area contributed by atoms with Gasteiger partial charge in [-0.2, -0.15) is 0 Å². The van der Waals surface area contributed by atoms with Gasteiger partial charge in [-0.15, -0.1) is 0 Å². The number of nitrogens with zero attached hydrogens (tertiary/aromatic N) is 1. The van der Waals surface area contributed by atoms with Gasteiger partial charge in [0.25, 0.3) is 5.91 Å². The fraction of sp³-hybridized carbons (Fsp3) is 0.647. The van der Waals surface area contributed by atoms with Crippen molar-refractivity contribution in [1.82, 2.24) is 4.90 Å². The van der Waals surface area contributed by atoms with Crippen LogP contribution < -0.4 is 0 Å². The summed E-state index contributed by atoms with van der Waals surface area (Å²) in [6.45, 7) is 7.17. The molecule has 1 amide bonds. The Balaban J connectivity index is 1.90. The highest BCUT2D eigenvalue weighted by molar-refractivity contribution is 6.03. The number of Topliss-reactive ketones (excluding diaryl/α,β-unsaturated/α-hetero) is 1. The van der Waals surface area contributed by atoms with Crippen LogP contribution in [0.15, 0.2) is 4.42 Å². The molecule has 2 heterocycles. The van der Waals surface area contributed by atoms with Crippen molar-refractivity contribution >= 4 is 11.7 Å². The Labute approximate surface area is 130 Å². The van der Waals surface area contributed by atoms with Crippen molar-refractivity contribution in [2.24, 2.45) is 11.3 Å². The molecule has 1 fully saturated rings. The summed E-state index contributed by atoms with van der Waals surface area (Å²) >= 11 is 0. The fourth-order valence-electron chi connectivity index (χ4n) is 3.60. The number of fused-ring (bicyclic) bond motifs is 1. The van der Waals surface area contributed by atoms with Crippen LogP contribution >= 0.6 is 0 Å². The first-order valence-electron chi connectivity index (χ1n) is 7.88. The van der Waals surface area contributed by atoms with Crippen LogP contribution in [0.4, 0.5) is 0 Å². The minimum Gasteiger partial charge on any atom is -0.455 e. The van der Waals surface area contributed by atoms with Gasteiger partial charge in [0.2, 0.25) is 0 Å². The van der Waals surface area contributed by atoms with E-state index in [1.54, 1.807) is 11.8 Å². The zero-order valence-corrected chi connectivity index (χ0v) is 13.4.